The summed E-state index contributed by atoms with van der Waals surface area (Å²) >= 11 is 0. The zero-order valence-electron chi connectivity index (χ0n) is 12.3. The topological polar surface area (TPSA) is 62.4 Å². The first-order chi connectivity index (χ1) is 9.65. The molecule has 0 fully saturated rings. The van der Waals surface area contributed by atoms with E-state index in [9.17, 15) is 5.11 Å². The van der Waals surface area contributed by atoms with Gasteiger partial charge in [0.2, 0.25) is 0 Å². The summed E-state index contributed by atoms with van der Waals surface area (Å²) in [4.78, 5) is 6.66. The van der Waals surface area contributed by atoms with Gasteiger partial charge in [-0.15, -0.1) is 0 Å². The van der Waals surface area contributed by atoms with Gasteiger partial charge in [-0.2, -0.15) is 4.98 Å². The lowest BCUT2D eigenvalue weighted by molar-refractivity contribution is 0.303. The molecule has 20 heavy (non-hydrogen) atoms. The van der Waals surface area contributed by atoms with Gasteiger partial charge in [0.15, 0.2) is 5.82 Å². The molecule has 1 heterocycles. The van der Waals surface area contributed by atoms with Crippen LogP contribution in [0.5, 0.6) is 5.75 Å². The Labute approximate surface area is 119 Å². The van der Waals surface area contributed by atoms with Crippen LogP contribution in [-0.4, -0.2) is 39.8 Å². The van der Waals surface area contributed by atoms with Gasteiger partial charge in [-0.3, -0.25) is 0 Å². The number of aryl methyl sites for hydroxylation is 1. The van der Waals surface area contributed by atoms with E-state index in [0.29, 0.717) is 17.3 Å². The highest BCUT2D eigenvalue weighted by atomic mass is 16.5. The van der Waals surface area contributed by atoms with Crippen LogP contribution in [0, 0.1) is 6.92 Å². The third-order valence-corrected chi connectivity index (χ3v) is 3.48. The molecule has 0 aliphatic heterocycles. The highest BCUT2D eigenvalue weighted by Gasteiger charge is 2.14. The number of phenols is 1. The van der Waals surface area contributed by atoms with E-state index in [1.807, 2.05) is 19.1 Å². The SMILES string of the molecule is CCN(CC)CCc1noc(-c2cccc(C)c2O)n1. The third kappa shape index (κ3) is 3.17. The van der Waals surface area contributed by atoms with Gasteiger partial charge in [-0.05, 0) is 31.6 Å². The average molecular weight is 275 g/mol. The molecular formula is C15H21N3O2. The second-order valence-corrected chi connectivity index (χ2v) is 4.76. The van der Waals surface area contributed by atoms with Gasteiger partial charge in [-0.25, -0.2) is 0 Å². The molecule has 0 amide bonds. The fourth-order valence-corrected chi connectivity index (χ4v) is 2.09. The third-order valence-electron chi connectivity index (χ3n) is 3.48. The van der Waals surface area contributed by atoms with Crippen molar-refractivity contribution < 1.29 is 9.63 Å². The number of nitrogens with zero attached hydrogens (tertiary/aromatic N) is 3. The van der Waals surface area contributed by atoms with E-state index in [4.69, 9.17) is 4.52 Å². The average Bonchev–Trinajstić information content (AvgIpc) is 2.92. The summed E-state index contributed by atoms with van der Waals surface area (Å²) in [5.41, 5.74) is 1.39. The molecule has 0 bridgehead atoms. The Morgan fingerprint density at radius 3 is 2.70 bits per heavy atom. The molecule has 0 radical (unpaired) electrons. The maximum absolute atomic E-state index is 10.0. The zero-order valence-corrected chi connectivity index (χ0v) is 12.3. The van der Waals surface area contributed by atoms with Gasteiger partial charge in [0.05, 0.1) is 5.56 Å². The number of hydrogen-bond acceptors (Lipinski definition) is 5. The quantitative estimate of drug-likeness (QED) is 0.878. The summed E-state index contributed by atoms with van der Waals surface area (Å²) in [6.45, 7) is 9.05. The lowest BCUT2D eigenvalue weighted by Gasteiger charge is -2.16. The van der Waals surface area contributed by atoms with Crippen LogP contribution in [0.4, 0.5) is 0 Å². The predicted octanol–water partition coefficient (Wildman–Crippen LogP) is 2.63. The minimum absolute atomic E-state index is 0.200. The number of likely N-dealkylation sites (N-methyl/N-ethyl adjacent to an activating group) is 1. The second kappa shape index (κ2) is 6.52. The van der Waals surface area contributed by atoms with Gasteiger partial charge in [-0.1, -0.05) is 31.1 Å². The van der Waals surface area contributed by atoms with Gasteiger partial charge in [0.1, 0.15) is 5.75 Å². The fourth-order valence-electron chi connectivity index (χ4n) is 2.09. The number of benzene rings is 1. The monoisotopic (exact) mass is 275 g/mol. The first-order valence-electron chi connectivity index (χ1n) is 6.99. The molecule has 0 atom stereocenters. The molecule has 5 nitrogen and oxygen atoms in total. The van der Waals surface area contributed by atoms with Crippen LogP contribution in [-0.2, 0) is 6.42 Å². The van der Waals surface area contributed by atoms with Crippen LogP contribution in [0.3, 0.4) is 0 Å². The highest BCUT2D eigenvalue weighted by molar-refractivity contribution is 5.64. The van der Waals surface area contributed by atoms with Gasteiger partial charge in [0.25, 0.3) is 5.89 Å². The summed E-state index contributed by atoms with van der Waals surface area (Å²) in [7, 11) is 0. The van der Waals surface area contributed by atoms with E-state index < -0.39 is 0 Å². The molecule has 5 heteroatoms. The van der Waals surface area contributed by atoms with Crippen LogP contribution in [0.15, 0.2) is 22.7 Å². The zero-order chi connectivity index (χ0) is 14.5. The van der Waals surface area contributed by atoms with E-state index in [1.165, 1.54) is 0 Å². The van der Waals surface area contributed by atoms with Crippen molar-refractivity contribution in [2.24, 2.45) is 0 Å². The van der Waals surface area contributed by atoms with Crippen LogP contribution >= 0.6 is 0 Å². The van der Waals surface area contributed by atoms with Gasteiger partial charge in [0, 0.05) is 13.0 Å². The Hall–Kier alpha value is -1.88. The summed E-state index contributed by atoms with van der Waals surface area (Å²) in [5.74, 6) is 1.25. The molecule has 0 aliphatic carbocycles. The molecule has 1 aromatic heterocycles. The van der Waals surface area contributed by atoms with Crippen LogP contribution in [0.25, 0.3) is 11.5 Å². The lowest BCUT2D eigenvalue weighted by Crippen LogP contribution is -2.25. The van der Waals surface area contributed by atoms with Crippen molar-refractivity contribution in [1.82, 2.24) is 15.0 Å². The minimum atomic E-state index is 0.200. The Balaban J connectivity index is 2.11. The highest BCUT2D eigenvalue weighted by Crippen LogP contribution is 2.30. The standard InChI is InChI=1S/C15H21N3O2/c1-4-18(5-2)10-9-13-16-15(20-17-13)12-8-6-7-11(3)14(12)19/h6-8,19H,4-5,9-10H2,1-3H3. The maximum atomic E-state index is 10.0. The second-order valence-electron chi connectivity index (χ2n) is 4.76. The van der Waals surface area contributed by atoms with Crippen molar-refractivity contribution >= 4 is 0 Å². The molecule has 1 aromatic carbocycles. The summed E-state index contributed by atoms with van der Waals surface area (Å²) in [5, 5.41) is 14.0. The van der Waals surface area contributed by atoms with E-state index in [2.05, 4.69) is 28.9 Å². The molecule has 108 valence electrons. The summed E-state index contributed by atoms with van der Waals surface area (Å²) in [6, 6.07) is 5.49. The molecule has 0 saturated heterocycles. The lowest BCUT2D eigenvalue weighted by atomic mass is 10.1. The Bertz CT molecular complexity index is 562. The van der Waals surface area contributed by atoms with Crippen molar-refractivity contribution in [1.29, 1.82) is 0 Å². The molecule has 1 N–H and O–H groups in total. The molecule has 2 aromatic rings. The van der Waals surface area contributed by atoms with Crippen molar-refractivity contribution in [3.8, 4) is 17.2 Å². The molecule has 0 unspecified atom stereocenters. The Morgan fingerprint density at radius 2 is 2.00 bits per heavy atom. The number of para-hydroxylation sites is 1. The number of aromatic nitrogens is 2. The molecular weight excluding hydrogens is 254 g/mol. The minimum Gasteiger partial charge on any atom is -0.507 e. The molecule has 0 aliphatic rings. The molecule has 2 rings (SSSR count). The largest absolute Gasteiger partial charge is 0.507 e. The fraction of sp³-hybridized carbons (Fsp3) is 0.467. The first kappa shape index (κ1) is 14.5. The van der Waals surface area contributed by atoms with Gasteiger partial charge < -0.3 is 14.5 Å². The van der Waals surface area contributed by atoms with Crippen molar-refractivity contribution in [2.75, 3.05) is 19.6 Å². The van der Waals surface area contributed by atoms with Crippen LogP contribution in [0.2, 0.25) is 0 Å². The van der Waals surface area contributed by atoms with E-state index in [0.717, 1.165) is 31.6 Å². The molecule has 0 saturated carbocycles. The number of aromatic hydroxyl groups is 1. The number of phenolic OH excluding ortho intramolecular Hbond substituents is 1. The summed E-state index contributed by atoms with van der Waals surface area (Å²) in [6.07, 6.45) is 0.748. The van der Waals surface area contributed by atoms with E-state index >= 15 is 0 Å². The Morgan fingerprint density at radius 1 is 1.25 bits per heavy atom. The van der Waals surface area contributed by atoms with Crippen molar-refractivity contribution in [2.45, 2.75) is 27.2 Å². The van der Waals surface area contributed by atoms with Crippen LogP contribution in [0.1, 0.15) is 25.2 Å². The normalized spacial score (nSPS) is 11.2. The van der Waals surface area contributed by atoms with Crippen molar-refractivity contribution in [3.05, 3.63) is 29.6 Å². The van der Waals surface area contributed by atoms with Crippen molar-refractivity contribution in [3.63, 3.8) is 0 Å². The number of hydrogen-bond donors (Lipinski definition) is 1. The molecule has 0 spiro atoms. The smallest absolute Gasteiger partial charge is 0.261 e. The van der Waals surface area contributed by atoms with Crippen LogP contribution < -0.4 is 0 Å². The number of rotatable bonds is 6. The van der Waals surface area contributed by atoms with E-state index in [1.54, 1.807) is 6.07 Å². The maximum Gasteiger partial charge on any atom is 0.261 e. The van der Waals surface area contributed by atoms with Gasteiger partial charge >= 0.3 is 0 Å². The summed E-state index contributed by atoms with van der Waals surface area (Å²) < 4.78 is 5.25. The first-order valence-corrected chi connectivity index (χ1v) is 6.99. The van der Waals surface area contributed by atoms with E-state index in [-0.39, 0.29) is 5.75 Å². The Kier molecular flexibility index (Phi) is 4.74. The predicted molar refractivity (Wildman–Crippen MR) is 77.6 cm³/mol.